The molecule has 0 radical (unpaired) electrons. The number of benzene rings is 1. The fraction of sp³-hybridized carbons (Fsp3) is 0.636. The van der Waals surface area contributed by atoms with Gasteiger partial charge in [0.25, 0.3) is 0 Å². The van der Waals surface area contributed by atoms with Gasteiger partial charge >= 0.3 is 0 Å². The molecule has 2 saturated heterocycles. The minimum Gasteiger partial charge on any atom is -0.486 e. The van der Waals surface area contributed by atoms with Crippen LogP contribution in [0.3, 0.4) is 0 Å². The van der Waals surface area contributed by atoms with E-state index in [9.17, 15) is 9.59 Å². The summed E-state index contributed by atoms with van der Waals surface area (Å²) in [6.07, 6.45) is 5.81. The minimum atomic E-state index is -0.0526. The average Bonchev–Trinajstić information content (AvgIpc) is 2.99. The average molecular weight is 421 g/mol. The number of carbonyl (C=O) groups is 2. The summed E-state index contributed by atoms with van der Waals surface area (Å²) in [5.74, 6) is 1.67. The molecule has 1 aliphatic carbocycles. The summed E-state index contributed by atoms with van der Waals surface area (Å²) < 4.78 is 11.9. The first-order valence-electron chi connectivity index (χ1n) is 10.7. The van der Waals surface area contributed by atoms with Gasteiger partial charge in [0, 0.05) is 13.1 Å². The number of rotatable bonds is 3. The van der Waals surface area contributed by atoms with Crippen molar-refractivity contribution in [1.82, 2.24) is 9.80 Å². The number of amides is 2. The summed E-state index contributed by atoms with van der Waals surface area (Å²) in [4.78, 5) is 29.8. The molecule has 1 aromatic carbocycles. The molecular formula is C22H29ClN2O4. The predicted octanol–water partition coefficient (Wildman–Crippen LogP) is 2.89. The topological polar surface area (TPSA) is 59.1 Å². The number of hydrogen-bond acceptors (Lipinski definition) is 5. The second kappa shape index (κ2) is 8.52. The van der Waals surface area contributed by atoms with Crippen LogP contribution < -0.4 is 9.47 Å². The van der Waals surface area contributed by atoms with Crippen molar-refractivity contribution in [3.05, 3.63) is 24.3 Å². The van der Waals surface area contributed by atoms with Gasteiger partial charge in [-0.2, -0.15) is 0 Å². The summed E-state index contributed by atoms with van der Waals surface area (Å²) >= 11 is 0. The highest BCUT2D eigenvalue weighted by atomic mass is 35.5. The lowest BCUT2D eigenvalue weighted by atomic mass is 9.81. The SMILES string of the molecule is Cl.O=C1[C@H]2CCCC[C@H]2C(=O)N1C1CCCN(CC2COc3ccccc3O2)C1. The van der Waals surface area contributed by atoms with Gasteiger partial charge in [-0.05, 0) is 44.4 Å². The van der Waals surface area contributed by atoms with Crippen LogP contribution >= 0.6 is 12.4 Å². The lowest BCUT2D eigenvalue weighted by molar-refractivity contribution is -0.144. The summed E-state index contributed by atoms with van der Waals surface area (Å²) in [7, 11) is 0. The molecule has 0 bridgehead atoms. The summed E-state index contributed by atoms with van der Waals surface area (Å²) in [6, 6.07) is 7.76. The van der Waals surface area contributed by atoms with Gasteiger partial charge in [-0.1, -0.05) is 25.0 Å². The quantitative estimate of drug-likeness (QED) is 0.704. The Kier molecular flexibility index (Phi) is 6.02. The monoisotopic (exact) mass is 420 g/mol. The summed E-state index contributed by atoms with van der Waals surface area (Å²) in [5.41, 5.74) is 0. The molecule has 3 heterocycles. The first-order chi connectivity index (χ1) is 13.7. The zero-order chi connectivity index (χ0) is 19.1. The molecule has 2 amide bonds. The molecule has 1 saturated carbocycles. The number of carbonyl (C=O) groups excluding carboxylic acids is 2. The van der Waals surface area contributed by atoms with Gasteiger partial charge in [-0.3, -0.25) is 19.4 Å². The third-order valence-electron chi connectivity index (χ3n) is 6.75. The molecule has 0 N–H and O–H groups in total. The molecular weight excluding hydrogens is 392 g/mol. The van der Waals surface area contributed by atoms with E-state index in [0.29, 0.717) is 6.61 Å². The van der Waals surface area contributed by atoms with E-state index in [2.05, 4.69) is 4.90 Å². The molecule has 4 aliphatic rings. The van der Waals surface area contributed by atoms with Crippen LogP contribution in [-0.2, 0) is 9.59 Å². The zero-order valence-corrected chi connectivity index (χ0v) is 17.4. The lowest BCUT2D eigenvalue weighted by Crippen LogP contribution is -2.53. The van der Waals surface area contributed by atoms with E-state index >= 15 is 0 Å². The molecule has 6 nitrogen and oxygen atoms in total. The number of fused-ring (bicyclic) bond motifs is 2. The normalized spacial score (nSPS) is 31.9. The van der Waals surface area contributed by atoms with Gasteiger partial charge in [0.2, 0.25) is 11.8 Å². The van der Waals surface area contributed by atoms with Gasteiger partial charge in [-0.15, -0.1) is 12.4 Å². The Balaban J connectivity index is 0.00000205. The Bertz CT molecular complexity index is 749. The molecule has 3 aliphatic heterocycles. The molecule has 29 heavy (non-hydrogen) atoms. The Labute approximate surface area is 177 Å². The Morgan fingerprint density at radius 1 is 0.931 bits per heavy atom. The molecule has 1 aromatic rings. The minimum absolute atomic E-state index is 0. The standard InChI is InChI=1S/C22H28N2O4.ClH/c25-21-17-7-1-2-8-18(17)22(26)24(21)15-6-5-11-23(12-15)13-16-14-27-19-9-3-4-10-20(19)28-16;/h3-4,9-10,15-18H,1-2,5-8,11-14H2;1H/t15?,16?,17-,18+;. The van der Waals surface area contributed by atoms with Gasteiger partial charge in [0.05, 0.1) is 17.9 Å². The molecule has 3 fully saturated rings. The molecule has 5 rings (SSSR count). The van der Waals surface area contributed by atoms with Crippen LogP contribution in [0.1, 0.15) is 38.5 Å². The van der Waals surface area contributed by atoms with Crippen LogP contribution in [0, 0.1) is 11.8 Å². The molecule has 4 atom stereocenters. The Morgan fingerprint density at radius 2 is 1.62 bits per heavy atom. The number of nitrogens with zero attached hydrogens (tertiary/aromatic N) is 2. The second-order valence-corrected chi connectivity index (χ2v) is 8.60. The fourth-order valence-corrected chi connectivity index (χ4v) is 5.40. The van der Waals surface area contributed by atoms with Crippen molar-refractivity contribution < 1.29 is 19.1 Å². The van der Waals surface area contributed by atoms with Crippen molar-refractivity contribution in [2.45, 2.75) is 50.7 Å². The van der Waals surface area contributed by atoms with Crippen LogP contribution in [0.4, 0.5) is 0 Å². The number of ether oxygens (including phenoxy) is 2. The van der Waals surface area contributed by atoms with E-state index in [1.165, 1.54) is 0 Å². The highest BCUT2D eigenvalue weighted by molar-refractivity contribution is 6.05. The predicted molar refractivity (Wildman–Crippen MR) is 110 cm³/mol. The summed E-state index contributed by atoms with van der Waals surface area (Å²) in [5, 5.41) is 0. The smallest absolute Gasteiger partial charge is 0.233 e. The Morgan fingerprint density at radius 3 is 2.34 bits per heavy atom. The van der Waals surface area contributed by atoms with Crippen LogP contribution in [0.25, 0.3) is 0 Å². The summed E-state index contributed by atoms with van der Waals surface area (Å²) in [6.45, 7) is 3.01. The van der Waals surface area contributed by atoms with E-state index in [1.807, 2.05) is 24.3 Å². The van der Waals surface area contributed by atoms with Crippen molar-refractivity contribution in [2.75, 3.05) is 26.2 Å². The van der Waals surface area contributed by atoms with Gasteiger partial charge in [0.1, 0.15) is 12.7 Å². The third-order valence-corrected chi connectivity index (χ3v) is 6.75. The molecule has 0 aromatic heterocycles. The first-order valence-corrected chi connectivity index (χ1v) is 10.7. The molecule has 158 valence electrons. The molecule has 7 heteroatoms. The van der Waals surface area contributed by atoms with Crippen LogP contribution in [0.5, 0.6) is 11.5 Å². The van der Waals surface area contributed by atoms with E-state index in [1.54, 1.807) is 4.90 Å². The third kappa shape index (κ3) is 3.84. The van der Waals surface area contributed by atoms with E-state index < -0.39 is 0 Å². The zero-order valence-electron chi connectivity index (χ0n) is 16.6. The number of imide groups is 1. The van der Waals surface area contributed by atoms with Crippen molar-refractivity contribution in [3.63, 3.8) is 0 Å². The number of piperidine rings is 1. The van der Waals surface area contributed by atoms with Crippen molar-refractivity contribution in [1.29, 1.82) is 0 Å². The largest absolute Gasteiger partial charge is 0.486 e. The maximum absolute atomic E-state index is 12.9. The number of likely N-dealkylation sites (tertiary alicyclic amines) is 2. The Hall–Kier alpha value is -1.79. The molecule has 0 spiro atoms. The van der Waals surface area contributed by atoms with E-state index in [4.69, 9.17) is 9.47 Å². The fourth-order valence-electron chi connectivity index (χ4n) is 5.40. The maximum atomic E-state index is 12.9. The van der Waals surface area contributed by atoms with E-state index in [-0.39, 0.29) is 48.2 Å². The van der Waals surface area contributed by atoms with Gasteiger partial charge in [-0.25, -0.2) is 0 Å². The highest BCUT2D eigenvalue weighted by Crippen LogP contribution is 2.40. The first kappa shape index (κ1) is 20.5. The maximum Gasteiger partial charge on any atom is 0.233 e. The van der Waals surface area contributed by atoms with Crippen molar-refractivity contribution in [2.24, 2.45) is 11.8 Å². The number of hydrogen-bond donors (Lipinski definition) is 0. The second-order valence-electron chi connectivity index (χ2n) is 8.60. The van der Waals surface area contributed by atoms with Crippen molar-refractivity contribution >= 4 is 24.2 Å². The molecule has 2 unspecified atom stereocenters. The van der Waals surface area contributed by atoms with Gasteiger partial charge < -0.3 is 9.47 Å². The van der Waals surface area contributed by atoms with Crippen LogP contribution in [0.2, 0.25) is 0 Å². The van der Waals surface area contributed by atoms with E-state index in [0.717, 1.165) is 69.7 Å². The highest BCUT2D eigenvalue weighted by Gasteiger charge is 2.50. The van der Waals surface area contributed by atoms with Crippen molar-refractivity contribution in [3.8, 4) is 11.5 Å². The lowest BCUT2D eigenvalue weighted by Gasteiger charge is -2.39. The number of para-hydroxylation sites is 2. The van der Waals surface area contributed by atoms with Crippen LogP contribution in [0.15, 0.2) is 24.3 Å². The van der Waals surface area contributed by atoms with Crippen LogP contribution in [-0.4, -0.2) is 60.0 Å². The number of halogens is 1. The van der Waals surface area contributed by atoms with Gasteiger partial charge in [0.15, 0.2) is 11.5 Å².